The van der Waals surface area contributed by atoms with Crippen LogP contribution in [0.3, 0.4) is 0 Å². The van der Waals surface area contributed by atoms with Gasteiger partial charge in [-0.3, -0.25) is 0 Å². The molecule has 2 heterocycles. The highest BCUT2D eigenvalue weighted by atomic mass is 14.9. The molecule has 168 valence electrons. The highest BCUT2D eigenvalue weighted by Crippen LogP contribution is 2.43. The van der Waals surface area contributed by atoms with E-state index in [0.717, 1.165) is 0 Å². The fourth-order valence-electron chi connectivity index (χ4n) is 6.08. The molecule has 36 heavy (non-hydrogen) atoms. The molecule has 2 aromatic heterocycles. The third kappa shape index (κ3) is 2.66. The molecule has 1 nitrogen and oxygen atoms in total. The van der Waals surface area contributed by atoms with E-state index in [9.17, 15) is 0 Å². The second-order valence-corrected chi connectivity index (χ2v) is 9.88. The Hall–Kier alpha value is -4.62. The first-order valence-electron chi connectivity index (χ1n) is 12.5. The van der Waals surface area contributed by atoms with Crippen LogP contribution in [-0.4, -0.2) is 4.40 Å². The first kappa shape index (κ1) is 19.7. The minimum atomic E-state index is 1.25. The Labute approximate surface area is 209 Å². The van der Waals surface area contributed by atoms with Gasteiger partial charge in [-0.2, -0.15) is 0 Å². The van der Waals surface area contributed by atoms with Crippen molar-refractivity contribution in [3.05, 3.63) is 127 Å². The smallest absolute Gasteiger partial charge is 0.0620 e. The van der Waals surface area contributed by atoms with E-state index in [2.05, 4.69) is 133 Å². The summed E-state index contributed by atoms with van der Waals surface area (Å²) in [6, 6.07) is 44.6. The molecule has 0 saturated carbocycles. The van der Waals surface area contributed by atoms with Crippen molar-refractivity contribution in [3.63, 3.8) is 0 Å². The Balaban J connectivity index is 1.51. The van der Waals surface area contributed by atoms with Crippen molar-refractivity contribution in [2.45, 2.75) is 6.92 Å². The normalized spacial score (nSPS) is 12.0. The molecule has 8 rings (SSSR count). The van der Waals surface area contributed by atoms with Crippen molar-refractivity contribution in [2.75, 3.05) is 0 Å². The van der Waals surface area contributed by atoms with Gasteiger partial charge in [-0.05, 0) is 81.9 Å². The van der Waals surface area contributed by atoms with Crippen LogP contribution >= 0.6 is 0 Å². The van der Waals surface area contributed by atoms with Crippen LogP contribution in [0.1, 0.15) is 5.56 Å². The SMILES string of the molecule is Cc1ccc(-c2ccccc2)cc1-c1cc2c3ccccc3n3c4cc5ccccc5cc4c(c1)c23. The first-order valence-corrected chi connectivity index (χ1v) is 12.5. The summed E-state index contributed by atoms with van der Waals surface area (Å²) >= 11 is 0. The summed E-state index contributed by atoms with van der Waals surface area (Å²) in [5, 5.41) is 7.84. The van der Waals surface area contributed by atoms with Gasteiger partial charge in [-0.25, -0.2) is 0 Å². The quantitative estimate of drug-likeness (QED) is 0.243. The second-order valence-electron chi connectivity index (χ2n) is 9.88. The number of hydrogen-bond donors (Lipinski definition) is 0. The van der Waals surface area contributed by atoms with Gasteiger partial charge in [0.1, 0.15) is 0 Å². The molecule has 0 atom stereocenters. The molecule has 8 aromatic rings. The average molecular weight is 458 g/mol. The Morgan fingerprint density at radius 1 is 0.444 bits per heavy atom. The predicted octanol–water partition coefficient (Wildman–Crippen LogP) is 9.63. The van der Waals surface area contributed by atoms with Crippen molar-refractivity contribution in [1.82, 2.24) is 4.40 Å². The lowest BCUT2D eigenvalue weighted by Crippen LogP contribution is -1.86. The van der Waals surface area contributed by atoms with E-state index in [-0.39, 0.29) is 0 Å². The van der Waals surface area contributed by atoms with E-state index >= 15 is 0 Å². The van der Waals surface area contributed by atoms with Crippen LogP contribution in [0.4, 0.5) is 0 Å². The van der Waals surface area contributed by atoms with Gasteiger partial charge >= 0.3 is 0 Å². The third-order valence-electron chi connectivity index (χ3n) is 7.82. The van der Waals surface area contributed by atoms with E-state index in [4.69, 9.17) is 0 Å². The largest absolute Gasteiger partial charge is 0.308 e. The lowest BCUT2D eigenvalue weighted by atomic mass is 9.93. The molecule has 0 bridgehead atoms. The van der Waals surface area contributed by atoms with Gasteiger partial charge in [-0.1, -0.05) is 84.9 Å². The molecule has 0 unspecified atom stereocenters. The summed E-state index contributed by atoms with van der Waals surface area (Å²) in [6.07, 6.45) is 0. The summed E-state index contributed by atoms with van der Waals surface area (Å²) in [6.45, 7) is 2.22. The number of para-hydroxylation sites is 1. The Bertz CT molecular complexity index is 2090. The number of aromatic nitrogens is 1. The van der Waals surface area contributed by atoms with E-state index in [1.54, 1.807) is 0 Å². The highest BCUT2D eigenvalue weighted by Gasteiger charge is 2.19. The topological polar surface area (TPSA) is 4.41 Å². The maximum atomic E-state index is 2.47. The maximum Gasteiger partial charge on any atom is 0.0620 e. The van der Waals surface area contributed by atoms with Crippen LogP contribution in [0.25, 0.3) is 71.1 Å². The van der Waals surface area contributed by atoms with Gasteiger partial charge in [0.15, 0.2) is 0 Å². The molecule has 0 radical (unpaired) electrons. The van der Waals surface area contributed by atoms with Crippen molar-refractivity contribution in [2.24, 2.45) is 0 Å². The summed E-state index contributed by atoms with van der Waals surface area (Å²) < 4.78 is 2.47. The maximum absolute atomic E-state index is 2.47. The summed E-state index contributed by atoms with van der Waals surface area (Å²) in [4.78, 5) is 0. The van der Waals surface area contributed by atoms with Crippen molar-refractivity contribution in [3.8, 4) is 22.3 Å². The molecule has 0 spiro atoms. The Morgan fingerprint density at radius 3 is 1.97 bits per heavy atom. The number of hydrogen-bond acceptors (Lipinski definition) is 0. The number of rotatable bonds is 2. The van der Waals surface area contributed by atoms with Crippen LogP contribution in [0.15, 0.2) is 121 Å². The number of nitrogens with zero attached hydrogens (tertiary/aromatic N) is 1. The highest BCUT2D eigenvalue weighted by molar-refractivity contribution is 6.25. The van der Waals surface area contributed by atoms with Gasteiger partial charge in [0.2, 0.25) is 0 Å². The molecule has 0 aliphatic heterocycles. The predicted molar refractivity (Wildman–Crippen MR) is 154 cm³/mol. The molecule has 0 fully saturated rings. The number of aryl methyl sites for hydroxylation is 1. The Morgan fingerprint density at radius 2 is 1.14 bits per heavy atom. The van der Waals surface area contributed by atoms with Gasteiger partial charge in [0.05, 0.1) is 16.6 Å². The van der Waals surface area contributed by atoms with Crippen LogP contribution in [0.5, 0.6) is 0 Å². The molecule has 0 N–H and O–H groups in total. The Kier molecular flexibility index (Phi) is 3.93. The van der Waals surface area contributed by atoms with E-state index in [0.29, 0.717) is 0 Å². The molecule has 0 aliphatic rings. The molecule has 1 heteroatoms. The van der Waals surface area contributed by atoms with Crippen LogP contribution < -0.4 is 0 Å². The molecule has 0 amide bonds. The number of benzene rings is 6. The van der Waals surface area contributed by atoms with Crippen molar-refractivity contribution >= 4 is 48.9 Å². The molecular formula is C35H23N. The van der Waals surface area contributed by atoms with E-state index in [1.165, 1.54) is 76.7 Å². The van der Waals surface area contributed by atoms with Gasteiger partial charge < -0.3 is 4.40 Å². The zero-order valence-electron chi connectivity index (χ0n) is 20.0. The second kappa shape index (κ2) is 7.19. The van der Waals surface area contributed by atoms with Crippen molar-refractivity contribution < 1.29 is 0 Å². The van der Waals surface area contributed by atoms with E-state index in [1.807, 2.05) is 0 Å². The minimum Gasteiger partial charge on any atom is -0.308 e. The standard InChI is InChI=1S/C35H23N/c1-22-15-16-26(23-9-3-2-4-10-23)17-29(22)27-19-31-28-13-7-8-14-33(28)36-34-21-25-12-6-5-11-24(25)18-30(34)32(20-27)35(31)36/h2-21H,1H3. The van der Waals surface area contributed by atoms with Crippen molar-refractivity contribution in [1.29, 1.82) is 0 Å². The van der Waals surface area contributed by atoms with Gasteiger partial charge in [-0.15, -0.1) is 0 Å². The molecular weight excluding hydrogens is 434 g/mol. The first-order chi connectivity index (χ1) is 17.8. The molecule has 0 saturated heterocycles. The van der Waals surface area contributed by atoms with Crippen LogP contribution in [0, 0.1) is 6.92 Å². The van der Waals surface area contributed by atoms with E-state index < -0.39 is 0 Å². The number of fused-ring (bicyclic) bond motifs is 7. The molecule has 6 aromatic carbocycles. The van der Waals surface area contributed by atoms with Gasteiger partial charge in [0, 0.05) is 21.5 Å². The molecule has 0 aliphatic carbocycles. The zero-order chi connectivity index (χ0) is 23.8. The third-order valence-corrected chi connectivity index (χ3v) is 7.82. The van der Waals surface area contributed by atoms with Gasteiger partial charge in [0.25, 0.3) is 0 Å². The van der Waals surface area contributed by atoms with Crippen LogP contribution in [0.2, 0.25) is 0 Å². The lowest BCUT2D eigenvalue weighted by molar-refractivity contribution is 1.37. The average Bonchev–Trinajstić information content (AvgIpc) is 3.43. The summed E-state index contributed by atoms with van der Waals surface area (Å²) in [5.74, 6) is 0. The zero-order valence-corrected chi connectivity index (χ0v) is 20.0. The monoisotopic (exact) mass is 457 g/mol. The summed E-state index contributed by atoms with van der Waals surface area (Å²) in [7, 11) is 0. The summed E-state index contributed by atoms with van der Waals surface area (Å²) in [5.41, 5.74) is 10.2. The lowest BCUT2D eigenvalue weighted by Gasteiger charge is -2.11. The minimum absolute atomic E-state index is 1.25. The fraction of sp³-hybridized carbons (Fsp3) is 0.0286. The fourth-order valence-corrected chi connectivity index (χ4v) is 6.08. The van der Waals surface area contributed by atoms with Crippen LogP contribution in [-0.2, 0) is 0 Å².